The predicted molar refractivity (Wildman–Crippen MR) is 114 cm³/mol. The smallest absolute Gasteiger partial charge is 0.339 e. The molecule has 3 aromatic carbocycles. The lowest BCUT2D eigenvalue weighted by atomic mass is 10.0. The minimum atomic E-state index is -4.47. The van der Waals surface area contributed by atoms with Gasteiger partial charge in [0.2, 0.25) is 17.6 Å². The van der Waals surface area contributed by atoms with Gasteiger partial charge in [0.15, 0.2) is 0 Å². The Morgan fingerprint density at radius 2 is 1.56 bits per heavy atom. The third-order valence-corrected chi connectivity index (χ3v) is 4.76. The maximum Gasteiger partial charge on any atom is 0.416 e. The highest BCUT2D eigenvalue weighted by atomic mass is 19.4. The normalized spacial score (nSPS) is 11.3. The van der Waals surface area contributed by atoms with Crippen molar-refractivity contribution >= 4 is 11.6 Å². The van der Waals surface area contributed by atoms with Crippen molar-refractivity contribution in [3.63, 3.8) is 0 Å². The van der Waals surface area contributed by atoms with Crippen molar-refractivity contribution in [2.24, 2.45) is 0 Å². The van der Waals surface area contributed by atoms with Gasteiger partial charge in [-0.25, -0.2) is 0 Å². The number of aromatic nitrogens is 2. The molecule has 4 aromatic rings. The summed E-state index contributed by atoms with van der Waals surface area (Å²) < 4.78 is 43.6. The quantitative estimate of drug-likeness (QED) is 0.402. The highest BCUT2D eigenvalue weighted by molar-refractivity contribution is 5.90. The lowest BCUT2D eigenvalue weighted by molar-refractivity contribution is -0.137. The largest absolute Gasteiger partial charge is 0.416 e. The molecule has 162 valence electrons. The molecule has 0 aliphatic carbocycles. The van der Waals surface area contributed by atoms with Crippen molar-refractivity contribution in [2.45, 2.75) is 19.0 Å². The number of alkyl halides is 3. The van der Waals surface area contributed by atoms with E-state index in [0.717, 1.165) is 28.8 Å². The molecular formula is C24H18F3N3O2. The van der Waals surface area contributed by atoms with E-state index < -0.39 is 17.6 Å². The number of nitrogens with zero attached hydrogens (tertiary/aromatic N) is 2. The second kappa shape index (κ2) is 9.05. The summed E-state index contributed by atoms with van der Waals surface area (Å²) >= 11 is 0. The molecule has 0 saturated carbocycles. The van der Waals surface area contributed by atoms with E-state index in [1.165, 1.54) is 12.1 Å². The highest BCUT2D eigenvalue weighted by Gasteiger charge is 2.30. The first-order valence-corrected chi connectivity index (χ1v) is 9.84. The van der Waals surface area contributed by atoms with Crippen molar-refractivity contribution in [1.29, 1.82) is 0 Å². The SMILES string of the molecule is O=C(CCc1nc(-c2ccc(-c3ccccc3)cc2)no1)Nc1cccc(C(F)(F)F)c1. The Bertz CT molecular complexity index is 1200. The number of hydrogen-bond acceptors (Lipinski definition) is 4. The van der Waals surface area contributed by atoms with E-state index in [9.17, 15) is 18.0 Å². The molecule has 5 nitrogen and oxygen atoms in total. The van der Waals surface area contributed by atoms with Crippen LogP contribution in [0.15, 0.2) is 83.4 Å². The molecule has 0 saturated heterocycles. The molecule has 0 atom stereocenters. The van der Waals surface area contributed by atoms with Gasteiger partial charge in [-0.05, 0) is 29.3 Å². The molecule has 1 amide bonds. The van der Waals surface area contributed by atoms with E-state index in [2.05, 4.69) is 15.5 Å². The van der Waals surface area contributed by atoms with Gasteiger partial charge in [-0.15, -0.1) is 0 Å². The van der Waals surface area contributed by atoms with Crippen molar-refractivity contribution < 1.29 is 22.5 Å². The van der Waals surface area contributed by atoms with Gasteiger partial charge < -0.3 is 9.84 Å². The van der Waals surface area contributed by atoms with Gasteiger partial charge >= 0.3 is 6.18 Å². The van der Waals surface area contributed by atoms with E-state index in [4.69, 9.17) is 4.52 Å². The van der Waals surface area contributed by atoms with Crippen LogP contribution in [0, 0.1) is 0 Å². The Hall–Kier alpha value is -3.94. The minimum absolute atomic E-state index is 0.00910. The monoisotopic (exact) mass is 437 g/mol. The number of aryl methyl sites for hydroxylation is 1. The van der Waals surface area contributed by atoms with Crippen LogP contribution >= 0.6 is 0 Å². The third kappa shape index (κ3) is 5.21. The first-order valence-electron chi connectivity index (χ1n) is 9.84. The lowest BCUT2D eigenvalue weighted by Crippen LogP contribution is -2.13. The zero-order valence-corrected chi connectivity index (χ0v) is 16.8. The highest BCUT2D eigenvalue weighted by Crippen LogP contribution is 2.30. The van der Waals surface area contributed by atoms with Crippen LogP contribution in [0.5, 0.6) is 0 Å². The Labute approximate surface area is 181 Å². The zero-order valence-electron chi connectivity index (χ0n) is 16.8. The van der Waals surface area contributed by atoms with Gasteiger partial charge in [-0.3, -0.25) is 4.79 Å². The first-order chi connectivity index (χ1) is 15.4. The molecule has 8 heteroatoms. The summed E-state index contributed by atoms with van der Waals surface area (Å²) in [5.41, 5.74) is 2.18. The van der Waals surface area contributed by atoms with Crippen LogP contribution in [0.1, 0.15) is 17.9 Å². The summed E-state index contributed by atoms with van der Waals surface area (Å²) in [6.07, 6.45) is -4.31. The Balaban J connectivity index is 1.35. The summed E-state index contributed by atoms with van der Waals surface area (Å²) in [6.45, 7) is 0. The molecule has 0 bridgehead atoms. The number of halogens is 3. The van der Waals surface area contributed by atoms with Gasteiger partial charge in [-0.2, -0.15) is 18.2 Å². The van der Waals surface area contributed by atoms with Crippen molar-refractivity contribution in [3.05, 3.63) is 90.3 Å². The number of amides is 1. The third-order valence-electron chi connectivity index (χ3n) is 4.76. The molecule has 0 fully saturated rings. The van der Waals surface area contributed by atoms with Crippen LogP contribution in [-0.2, 0) is 17.4 Å². The molecule has 1 heterocycles. The second-order valence-electron chi connectivity index (χ2n) is 7.08. The van der Waals surface area contributed by atoms with Crippen LogP contribution in [0.2, 0.25) is 0 Å². The number of hydrogen-bond donors (Lipinski definition) is 1. The van der Waals surface area contributed by atoms with Gasteiger partial charge in [0, 0.05) is 24.1 Å². The molecular weight excluding hydrogens is 419 g/mol. The van der Waals surface area contributed by atoms with Crippen molar-refractivity contribution in [2.75, 3.05) is 5.32 Å². The number of benzene rings is 3. The van der Waals surface area contributed by atoms with Crippen LogP contribution in [0.4, 0.5) is 18.9 Å². The minimum Gasteiger partial charge on any atom is -0.339 e. The van der Waals surface area contributed by atoms with Crippen LogP contribution in [-0.4, -0.2) is 16.0 Å². The van der Waals surface area contributed by atoms with E-state index in [0.29, 0.717) is 5.82 Å². The summed E-state index contributed by atoms with van der Waals surface area (Å²) in [6, 6.07) is 22.1. The molecule has 1 aromatic heterocycles. The van der Waals surface area contributed by atoms with Crippen molar-refractivity contribution in [1.82, 2.24) is 10.1 Å². The molecule has 1 N–H and O–H groups in total. The number of anilines is 1. The molecule has 0 spiro atoms. The van der Waals surface area contributed by atoms with E-state index in [1.54, 1.807) is 0 Å². The second-order valence-corrected chi connectivity index (χ2v) is 7.08. The number of nitrogens with one attached hydrogen (secondary N) is 1. The van der Waals surface area contributed by atoms with Crippen molar-refractivity contribution in [3.8, 4) is 22.5 Å². The average Bonchev–Trinajstić information content (AvgIpc) is 3.27. The van der Waals surface area contributed by atoms with E-state index >= 15 is 0 Å². The fourth-order valence-electron chi connectivity index (χ4n) is 3.13. The summed E-state index contributed by atoms with van der Waals surface area (Å²) in [4.78, 5) is 16.4. The average molecular weight is 437 g/mol. The fourth-order valence-corrected chi connectivity index (χ4v) is 3.13. The Morgan fingerprint density at radius 3 is 2.28 bits per heavy atom. The lowest BCUT2D eigenvalue weighted by Gasteiger charge is -2.09. The molecule has 0 aliphatic heterocycles. The van der Waals surface area contributed by atoms with Crippen LogP contribution in [0.25, 0.3) is 22.5 Å². The molecule has 32 heavy (non-hydrogen) atoms. The first kappa shape index (κ1) is 21.3. The Kier molecular flexibility index (Phi) is 6.02. The predicted octanol–water partition coefficient (Wildman–Crippen LogP) is 5.99. The van der Waals surface area contributed by atoms with Crippen LogP contribution < -0.4 is 5.32 Å². The topological polar surface area (TPSA) is 68.0 Å². The molecule has 0 unspecified atom stereocenters. The molecule has 0 aliphatic rings. The number of rotatable bonds is 6. The number of carbonyl (C=O) groups excluding carboxylic acids is 1. The standard InChI is InChI=1S/C24H18F3N3O2/c25-24(26,27)19-7-4-8-20(15-19)28-21(31)13-14-22-29-23(30-32-22)18-11-9-17(10-12-18)16-5-2-1-3-6-16/h1-12,15H,13-14H2,(H,28,31). The fraction of sp³-hybridized carbons (Fsp3) is 0.125. The van der Waals surface area contributed by atoms with E-state index in [1.807, 2.05) is 54.6 Å². The Morgan fingerprint density at radius 1 is 0.875 bits per heavy atom. The number of carbonyl (C=O) groups is 1. The van der Waals surface area contributed by atoms with Gasteiger partial charge in [-0.1, -0.05) is 65.8 Å². The summed E-state index contributed by atoms with van der Waals surface area (Å²) in [5, 5.41) is 6.40. The molecule has 4 rings (SSSR count). The van der Waals surface area contributed by atoms with Gasteiger partial charge in [0.1, 0.15) is 0 Å². The summed E-state index contributed by atoms with van der Waals surface area (Å²) in [5.74, 6) is 0.223. The maximum absolute atomic E-state index is 12.8. The van der Waals surface area contributed by atoms with E-state index in [-0.39, 0.29) is 24.4 Å². The zero-order chi connectivity index (χ0) is 22.6. The van der Waals surface area contributed by atoms with Gasteiger partial charge in [0.25, 0.3) is 0 Å². The molecule has 0 radical (unpaired) electrons. The maximum atomic E-state index is 12.8. The summed E-state index contributed by atoms with van der Waals surface area (Å²) in [7, 11) is 0. The van der Waals surface area contributed by atoms with Crippen LogP contribution in [0.3, 0.4) is 0 Å². The van der Waals surface area contributed by atoms with Gasteiger partial charge in [0.05, 0.1) is 5.56 Å².